The lowest BCUT2D eigenvalue weighted by Crippen LogP contribution is -2.31. The molecule has 1 aromatic carbocycles. The highest BCUT2D eigenvalue weighted by atomic mass is 79.9. The first kappa shape index (κ1) is 14.0. The van der Waals surface area contributed by atoms with Gasteiger partial charge in [0.2, 0.25) is 0 Å². The van der Waals surface area contributed by atoms with Crippen molar-refractivity contribution in [3.8, 4) is 0 Å². The maximum Gasteiger partial charge on any atom is 0.0587 e. The molecule has 1 atom stereocenters. The van der Waals surface area contributed by atoms with Crippen LogP contribution in [0.2, 0.25) is 0 Å². The van der Waals surface area contributed by atoms with Gasteiger partial charge >= 0.3 is 0 Å². The van der Waals surface area contributed by atoms with Crippen molar-refractivity contribution in [3.05, 3.63) is 34.3 Å². The Morgan fingerprint density at radius 3 is 2.61 bits per heavy atom. The molecule has 0 bridgehead atoms. The first-order chi connectivity index (χ1) is 8.81. The maximum atomic E-state index is 5.08. The lowest BCUT2D eigenvalue weighted by molar-refractivity contribution is 0.194. The minimum Gasteiger partial charge on any atom is -0.383 e. The first-order valence-corrected chi connectivity index (χ1v) is 7.55. The standard InChI is InChI=1S/C15H22BrNO/c1-18-10-9-17-11-15(12-3-2-4-12)13-5-7-14(16)8-6-13/h5-8,12,15,17H,2-4,9-11H2,1H3. The highest BCUT2D eigenvalue weighted by Crippen LogP contribution is 2.39. The second kappa shape index (κ2) is 7.27. The fourth-order valence-corrected chi connectivity index (χ4v) is 2.80. The Hall–Kier alpha value is -0.380. The Labute approximate surface area is 118 Å². The molecule has 0 saturated heterocycles. The molecule has 0 radical (unpaired) electrons. The van der Waals surface area contributed by atoms with E-state index in [1.165, 1.54) is 24.8 Å². The minimum atomic E-state index is 0.656. The van der Waals surface area contributed by atoms with Gasteiger partial charge in [0.1, 0.15) is 0 Å². The Balaban J connectivity index is 1.93. The molecule has 1 aliphatic carbocycles. The number of nitrogens with one attached hydrogen (secondary N) is 1. The summed E-state index contributed by atoms with van der Waals surface area (Å²) in [5.41, 5.74) is 1.47. The van der Waals surface area contributed by atoms with E-state index in [2.05, 4.69) is 45.5 Å². The van der Waals surface area contributed by atoms with Crippen LogP contribution in [0.25, 0.3) is 0 Å². The van der Waals surface area contributed by atoms with E-state index in [0.717, 1.165) is 30.1 Å². The molecule has 100 valence electrons. The molecule has 0 spiro atoms. The number of rotatable bonds is 7. The summed E-state index contributed by atoms with van der Waals surface area (Å²) >= 11 is 3.50. The van der Waals surface area contributed by atoms with E-state index in [1.807, 2.05) is 0 Å². The predicted molar refractivity (Wildman–Crippen MR) is 79.0 cm³/mol. The molecule has 1 saturated carbocycles. The second-order valence-electron chi connectivity index (χ2n) is 5.05. The number of hydrogen-bond acceptors (Lipinski definition) is 2. The Morgan fingerprint density at radius 1 is 1.33 bits per heavy atom. The van der Waals surface area contributed by atoms with Crippen LogP contribution in [-0.4, -0.2) is 26.8 Å². The molecular formula is C15H22BrNO. The molecule has 2 nitrogen and oxygen atoms in total. The topological polar surface area (TPSA) is 21.3 Å². The average Bonchev–Trinajstić information content (AvgIpc) is 2.32. The third kappa shape index (κ3) is 3.81. The fourth-order valence-electron chi connectivity index (χ4n) is 2.54. The monoisotopic (exact) mass is 311 g/mol. The quantitative estimate of drug-likeness (QED) is 0.777. The molecule has 0 aliphatic heterocycles. The number of hydrogen-bond donors (Lipinski definition) is 1. The van der Waals surface area contributed by atoms with E-state index in [9.17, 15) is 0 Å². The molecule has 2 rings (SSSR count). The summed E-state index contributed by atoms with van der Waals surface area (Å²) in [5, 5.41) is 3.51. The first-order valence-electron chi connectivity index (χ1n) is 6.76. The average molecular weight is 312 g/mol. The van der Waals surface area contributed by atoms with Crippen LogP contribution in [0.5, 0.6) is 0 Å². The zero-order valence-corrected chi connectivity index (χ0v) is 12.6. The van der Waals surface area contributed by atoms with Crippen LogP contribution in [0, 0.1) is 5.92 Å². The van der Waals surface area contributed by atoms with Crippen molar-refractivity contribution >= 4 is 15.9 Å². The van der Waals surface area contributed by atoms with Crippen molar-refractivity contribution in [1.29, 1.82) is 0 Å². The highest BCUT2D eigenvalue weighted by molar-refractivity contribution is 9.10. The summed E-state index contributed by atoms with van der Waals surface area (Å²) in [6.45, 7) is 2.80. The Bertz CT molecular complexity index is 348. The van der Waals surface area contributed by atoms with E-state index in [0.29, 0.717) is 5.92 Å². The summed E-state index contributed by atoms with van der Waals surface area (Å²) in [6, 6.07) is 8.81. The van der Waals surface area contributed by atoms with E-state index in [-0.39, 0.29) is 0 Å². The Kier molecular flexibility index (Phi) is 5.67. The Morgan fingerprint density at radius 2 is 2.06 bits per heavy atom. The molecule has 18 heavy (non-hydrogen) atoms. The third-order valence-corrected chi connectivity index (χ3v) is 4.39. The summed E-state index contributed by atoms with van der Waals surface area (Å²) in [4.78, 5) is 0. The van der Waals surface area contributed by atoms with Crippen molar-refractivity contribution in [3.63, 3.8) is 0 Å². The van der Waals surface area contributed by atoms with Crippen LogP contribution in [0.4, 0.5) is 0 Å². The molecule has 1 fully saturated rings. The maximum absolute atomic E-state index is 5.08. The second-order valence-corrected chi connectivity index (χ2v) is 5.96. The van der Waals surface area contributed by atoms with Gasteiger partial charge in [-0.2, -0.15) is 0 Å². The number of methoxy groups -OCH3 is 1. The van der Waals surface area contributed by atoms with Gasteiger partial charge < -0.3 is 10.1 Å². The predicted octanol–water partition coefficient (Wildman–Crippen LogP) is 3.57. The smallest absolute Gasteiger partial charge is 0.0587 e. The normalized spacial score (nSPS) is 17.4. The summed E-state index contributed by atoms with van der Waals surface area (Å²) in [6.07, 6.45) is 4.16. The highest BCUT2D eigenvalue weighted by Gasteiger charge is 2.27. The van der Waals surface area contributed by atoms with E-state index >= 15 is 0 Å². The van der Waals surface area contributed by atoms with Gasteiger partial charge in [0, 0.05) is 24.7 Å². The zero-order valence-electron chi connectivity index (χ0n) is 11.0. The molecular weight excluding hydrogens is 290 g/mol. The summed E-state index contributed by atoms with van der Waals surface area (Å²) in [7, 11) is 1.75. The van der Waals surface area contributed by atoms with E-state index in [1.54, 1.807) is 7.11 Å². The number of benzene rings is 1. The van der Waals surface area contributed by atoms with Gasteiger partial charge in [-0.05, 0) is 42.4 Å². The molecule has 0 aromatic heterocycles. The van der Waals surface area contributed by atoms with Crippen LogP contribution >= 0.6 is 15.9 Å². The minimum absolute atomic E-state index is 0.656. The summed E-state index contributed by atoms with van der Waals surface area (Å²) in [5.74, 6) is 1.52. The lowest BCUT2D eigenvalue weighted by Gasteiger charge is -2.34. The van der Waals surface area contributed by atoms with E-state index < -0.39 is 0 Å². The van der Waals surface area contributed by atoms with E-state index in [4.69, 9.17) is 4.74 Å². The third-order valence-electron chi connectivity index (χ3n) is 3.86. The molecule has 1 aliphatic rings. The van der Waals surface area contributed by atoms with Gasteiger partial charge in [0.15, 0.2) is 0 Å². The van der Waals surface area contributed by atoms with Gasteiger partial charge in [-0.1, -0.05) is 34.5 Å². The number of halogens is 1. The molecule has 1 aromatic rings. The van der Waals surface area contributed by atoms with Crippen LogP contribution in [0.1, 0.15) is 30.7 Å². The molecule has 0 heterocycles. The summed E-state index contributed by atoms with van der Waals surface area (Å²) < 4.78 is 6.24. The van der Waals surface area contributed by atoms with Gasteiger partial charge in [-0.3, -0.25) is 0 Å². The van der Waals surface area contributed by atoms with Crippen LogP contribution in [-0.2, 0) is 4.74 Å². The fraction of sp³-hybridized carbons (Fsp3) is 0.600. The van der Waals surface area contributed by atoms with Crippen LogP contribution in [0.15, 0.2) is 28.7 Å². The van der Waals surface area contributed by atoms with Crippen LogP contribution in [0.3, 0.4) is 0 Å². The SMILES string of the molecule is COCCNCC(c1ccc(Br)cc1)C1CCC1. The molecule has 0 amide bonds. The van der Waals surface area contributed by atoms with Gasteiger partial charge in [-0.15, -0.1) is 0 Å². The zero-order chi connectivity index (χ0) is 12.8. The van der Waals surface area contributed by atoms with Crippen molar-refractivity contribution < 1.29 is 4.74 Å². The van der Waals surface area contributed by atoms with Gasteiger partial charge in [0.05, 0.1) is 6.61 Å². The van der Waals surface area contributed by atoms with Crippen molar-refractivity contribution in [2.75, 3.05) is 26.8 Å². The lowest BCUT2D eigenvalue weighted by atomic mass is 9.73. The molecule has 3 heteroatoms. The van der Waals surface area contributed by atoms with Gasteiger partial charge in [0.25, 0.3) is 0 Å². The number of ether oxygens (including phenoxy) is 1. The van der Waals surface area contributed by atoms with Crippen molar-refractivity contribution in [1.82, 2.24) is 5.32 Å². The van der Waals surface area contributed by atoms with Crippen molar-refractivity contribution in [2.45, 2.75) is 25.2 Å². The van der Waals surface area contributed by atoms with Gasteiger partial charge in [-0.25, -0.2) is 0 Å². The molecule has 1 unspecified atom stereocenters. The van der Waals surface area contributed by atoms with Crippen LogP contribution < -0.4 is 5.32 Å². The largest absolute Gasteiger partial charge is 0.383 e. The molecule has 1 N–H and O–H groups in total. The van der Waals surface area contributed by atoms with Crippen molar-refractivity contribution in [2.24, 2.45) is 5.92 Å².